The van der Waals surface area contributed by atoms with Crippen LogP contribution in [-0.2, 0) is 9.53 Å². The molecule has 1 aliphatic carbocycles. The van der Waals surface area contributed by atoms with Crippen LogP contribution in [0, 0.1) is 5.92 Å². The van der Waals surface area contributed by atoms with Crippen LogP contribution in [0.1, 0.15) is 60.2 Å². The van der Waals surface area contributed by atoms with Gasteiger partial charge in [0.05, 0.1) is 30.3 Å². The Hall–Kier alpha value is -3.26. The van der Waals surface area contributed by atoms with Crippen molar-refractivity contribution in [3.63, 3.8) is 0 Å². The van der Waals surface area contributed by atoms with Gasteiger partial charge in [-0.25, -0.2) is 0 Å². The molecule has 36 heavy (non-hydrogen) atoms. The highest BCUT2D eigenvalue weighted by Crippen LogP contribution is 2.29. The lowest BCUT2D eigenvalue weighted by atomic mass is 9.87. The highest BCUT2D eigenvalue weighted by molar-refractivity contribution is 6.32. The van der Waals surface area contributed by atoms with Crippen LogP contribution >= 0.6 is 11.6 Å². The Balaban J connectivity index is 1.38. The van der Waals surface area contributed by atoms with E-state index in [0.29, 0.717) is 40.9 Å². The zero-order valence-electron chi connectivity index (χ0n) is 20.7. The van der Waals surface area contributed by atoms with Gasteiger partial charge in [-0.3, -0.25) is 14.4 Å². The summed E-state index contributed by atoms with van der Waals surface area (Å²) in [5.74, 6) is 0.529. The molecule has 0 aliphatic heterocycles. The maximum absolute atomic E-state index is 12.4. The molecule has 1 aliphatic rings. The molecule has 0 spiro atoms. The van der Waals surface area contributed by atoms with E-state index in [1.54, 1.807) is 42.5 Å². The molecule has 2 aromatic carbocycles. The normalized spacial score (nSPS) is 17.1. The van der Waals surface area contributed by atoms with Gasteiger partial charge in [-0.2, -0.15) is 0 Å². The number of rotatable bonds is 11. The minimum atomic E-state index is -0.285. The van der Waals surface area contributed by atoms with E-state index in [2.05, 4.69) is 10.6 Å². The molecule has 0 radical (unpaired) electrons. The van der Waals surface area contributed by atoms with Crippen LogP contribution in [0.15, 0.2) is 42.5 Å². The lowest BCUT2D eigenvalue weighted by Crippen LogP contribution is -2.34. The number of hydrogen-bond acceptors (Lipinski definition) is 6. The van der Waals surface area contributed by atoms with E-state index in [9.17, 15) is 14.4 Å². The van der Waals surface area contributed by atoms with E-state index >= 15 is 0 Å². The van der Waals surface area contributed by atoms with Crippen molar-refractivity contribution in [1.82, 2.24) is 10.6 Å². The molecule has 0 saturated heterocycles. The van der Waals surface area contributed by atoms with Crippen molar-refractivity contribution >= 4 is 29.4 Å². The predicted octanol–water partition coefficient (Wildman–Crippen LogP) is 4.40. The van der Waals surface area contributed by atoms with Crippen molar-refractivity contribution in [2.45, 2.75) is 45.6 Å². The minimum absolute atomic E-state index is 0.0422. The summed E-state index contributed by atoms with van der Waals surface area (Å²) in [7, 11) is 0. The number of esters is 1. The Labute approximate surface area is 216 Å². The summed E-state index contributed by atoms with van der Waals surface area (Å²) in [4.78, 5) is 36.6. The molecule has 2 aromatic rings. The van der Waals surface area contributed by atoms with Crippen molar-refractivity contribution in [2.24, 2.45) is 5.92 Å². The van der Waals surface area contributed by atoms with Gasteiger partial charge in [0.25, 0.3) is 11.8 Å². The van der Waals surface area contributed by atoms with Crippen molar-refractivity contribution in [3.8, 4) is 11.5 Å². The number of nitrogens with one attached hydrogen (secondary N) is 2. The monoisotopic (exact) mass is 516 g/mol. The number of benzene rings is 2. The topological polar surface area (TPSA) is 103 Å². The fraction of sp³-hybridized carbons (Fsp3) is 0.444. The predicted molar refractivity (Wildman–Crippen MR) is 137 cm³/mol. The summed E-state index contributed by atoms with van der Waals surface area (Å²) in [6, 6.07) is 11.8. The van der Waals surface area contributed by atoms with Crippen molar-refractivity contribution in [2.75, 3.05) is 26.3 Å². The van der Waals surface area contributed by atoms with Crippen LogP contribution < -0.4 is 20.1 Å². The lowest BCUT2D eigenvalue weighted by Gasteiger charge is -2.27. The molecular weight excluding hydrogens is 484 g/mol. The first-order chi connectivity index (χ1) is 17.4. The Bertz CT molecular complexity index is 1040. The van der Waals surface area contributed by atoms with Crippen molar-refractivity contribution in [3.05, 3.63) is 58.6 Å². The van der Waals surface area contributed by atoms with E-state index in [1.165, 1.54) is 0 Å². The van der Waals surface area contributed by atoms with Gasteiger partial charge in [-0.1, -0.05) is 11.6 Å². The molecule has 2 N–H and O–H groups in total. The Morgan fingerprint density at radius 3 is 2.06 bits per heavy atom. The first-order valence-electron chi connectivity index (χ1n) is 12.3. The first-order valence-corrected chi connectivity index (χ1v) is 12.7. The van der Waals surface area contributed by atoms with Crippen LogP contribution in [0.25, 0.3) is 0 Å². The smallest absolute Gasteiger partial charge is 0.308 e. The summed E-state index contributed by atoms with van der Waals surface area (Å²) >= 11 is 6.13. The molecule has 1 saturated carbocycles. The molecular formula is C27H33ClN2O6. The second-order valence-electron chi connectivity index (χ2n) is 8.46. The number of ether oxygens (including phenoxy) is 3. The van der Waals surface area contributed by atoms with Gasteiger partial charge in [-0.05, 0) is 82.0 Å². The second-order valence-corrected chi connectivity index (χ2v) is 8.87. The fourth-order valence-corrected chi connectivity index (χ4v) is 4.26. The first kappa shape index (κ1) is 27.3. The van der Waals surface area contributed by atoms with Crippen LogP contribution in [0.5, 0.6) is 11.5 Å². The second kappa shape index (κ2) is 13.7. The quantitative estimate of drug-likeness (QED) is 0.339. The molecule has 9 heteroatoms. The van der Waals surface area contributed by atoms with Gasteiger partial charge in [-0.15, -0.1) is 0 Å². The molecule has 0 bridgehead atoms. The van der Waals surface area contributed by atoms with Crippen LogP contribution in [0.2, 0.25) is 5.02 Å². The van der Waals surface area contributed by atoms with Gasteiger partial charge >= 0.3 is 5.97 Å². The number of amides is 2. The summed E-state index contributed by atoms with van der Waals surface area (Å²) in [6.45, 7) is 5.11. The van der Waals surface area contributed by atoms with Gasteiger partial charge in [0.15, 0.2) is 0 Å². The van der Waals surface area contributed by atoms with Gasteiger partial charge in [0, 0.05) is 24.2 Å². The fourth-order valence-electron chi connectivity index (χ4n) is 4.02. The Morgan fingerprint density at radius 1 is 0.861 bits per heavy atom. The largest absolute Gasteiger partial charge is 0.492 e. The zero-order chi connectivity index (χ0) is 25.9. The molecule has 8 nitrogen and oxygen atoms in total. The Kier molecular flexibility index (Phi) is 10.4. The van der Waals surface area contributed by atoms with E-state index in [0.717, 1.165) is 25.7 Å². The maximum Gasteiger partial charge on any atom is 0.308 e. The molecule has 1 fully saturated rings. The summed E-state index contributed by atoms with van der Waals surface area (Å²) in [5, 5.41) is 5.91. The van der Waals surface area contributed by atoms with E-state index in [1.807, 2.05) is 13.8 Å². The summed E-state index contributed by atoms with van der Waals surface area (Å²) in [5.41, 5.74) is 0.915. The van der Waals surface area contributed by atoms with E-state index in [-0.39, 0.29) is 42.9 Å². The summed E-state index contributed by atoms with van der Waals surface area (Å²) < 4.78 is 16.5. The van der Waals surface area contributed by atoms with Crippen molar-refractivity contribution in [1.29, 1.82) is 0 Å². The van der Waals surface area contributed by atoms with Crippen molar-refractivity contribution < 1.29 is 28.6 Å². The molecule has 0 aromatic heterocycles. The molecule has 194 valence electrons. The third-order valence-electron chi connectivity index (χ3n) is 5.90. The summed E-state index contributed by atoms with van der Waals surface area (Å²) in [6.07, 6.45) is 3.14. The highest BCUT2D eigenvalue weighted by atomic mass is 35.5. The third kappa shape index (κ3) is 7.88. The van der Waals surface area contributed by atoms with Gasteiger partial charge < -0.3 is 24.8 Å². The number of halogens is 1. The van der Waals surface area contributed by atoms with Crippen LogP contribution in [-0.4, -0.2) is 50.2 Å². The van der Waals surface area contributed by atoms with E-state index < -0.39 is 0 Å². The molecule has 0 heterocycles. The van der Waals surface area contributed by atoms with E-state index in [4.69, 9.17) is 25.8 Å². The molecule has 2 amide bonds. The standard InChI is InChI=1S/C27H33ClN2O6/c1-3-34-24-14-9-20(17-23(24)28)26(32)30-16-15-29-25(31)18-5-10-21(11-6-18)36-22-12-7-19(8-13-22)27(33)35-4-2/h5-6,9-11,14,17,19,22H,3-4,7-8,12-13,15-16H2,1-2H3,(H,29,31)(H,30,32). The lowest BCUT2D eigenvalue weighted by molar-refractivity contribution is -0.149. The Morgan fingerprint density at radius 2 is 1.47 bits per heavy atom. The maximum atomic E-state index is 12.4. The number of hydrogen-bond donors (Lipinski definition) is 2. The molecule has 0 atom stereocenters. The number of carbonyl (C=O) groups excluding carboxylic acids is 3. The minimum Gasteiger partial charge on any atom is -0.492 e. The SMILES string of the molecule is CCOC(=O)C1CCC(Oc2ccc(C(=O)NCCNC(=O)c3ccc(OCC)c(Cl)c3)cc2)CC1. The number of carbonyl (C=O) groups is 3. The highest BCUT2D eigenvalue weighted by Gasteiger charge is 2.28. The van der Waals surface area contributed by atoms with Gasteiger partial charge in [0.1, 0.15) is 11.5 Å². The average Bonchev–Trinajstić information content (AvgIpc) is 2.88. The van der Waals surface area contributed by atoms with Crippen LogP contribution in [0.4, 0.5) is 0 Å². The average molecular weight is 517 g/mol. The third-order valence-corrected chi connectivity index (χ3v) is 6.20. The molecule has 0 unspecified atom stereocenters. The molecule has 3 rings (SSSR count). The van der Waals surface area contributed by atoms with Gasteiger partial charge in [0.2, 0.25) is 0 Å². The zero-order valence-corrected chi connectivity index (χ0v) is 21.4. The van der Waals surface area contributed by atoms with Crippen LogP contribution in [0.3, 0.4) is 0 Å².